The van der Waals surface area contributed by atoms with Crippen molar-refractivity contribution in [2.45, 2.75) is 60.3 Å². The van der Waals surface area contributed by atoms with Crippen LogP contribution < -0.4 is 0 Å². The van der Waals surface area contributed by atoms with E-state index in [2.05, 4.69) is 34.6 Å². The van der Waals surface area contributed by atoms with E-state index in [1.54, 1.807) is 0 Å². The van der Waals surface area contributed by atoms with Gasteiger partial charge in [-0.1, -0.05) is 47.5 Å². The van der Waals surface area contributed by atoms with E-state index in [-0.39, 0.29) is 5.41 Å². The van der Waals surface area contributed by atoms with Crippen LogP contribution in [0.5, 0.6) is 0 Å². The molecule has 0 aromatic rings. The molecule has 0 aliphatic rings. The zero-order chi connectivity index (χ0) is 11.2. The molecule has 0 aliphatic carbocycles. The van der Waals surface area contributed by atoms with Gasteiger partial charge in [0.15, 0.2) is 0 Å². The van der Waals surface area contributed by atoms with Crippen molar-refractivity contribution in [1.82, 2.24) is 0 Å². The van der Waals surface area contributed by atoms with Crippen molar-refractivity contribution in [3.8, 4) is 0 Å². The van der Waals surface area contributed by atoms with Crippen LogP contribution in [0.4, 0.5) is 0 Å². The first-order valence-electron chi connectivity index (χ1n) is 6.15. The summed E-state index contributed by atoms with van der Waals surface area (Å²) in [6.07, 6.45) is 4.75. The van der Waals surface area contributed by atoms with Gasteiger partial charge in [-0.25, -0.2) is 0 Å². The van der Waals surface area contributed by atoms with E-state index in [0.29, 0.717) is 18.4 Å². The van der Waals surface area contributed by atoms with Gasteiger partial charge < -0.3 is 5.11 Å². The highest BCUT2D eigenvalue weighted by molar-refractivity contribution is 4.84. The van der Waals surface area contributed by atoms with Crippen molar-refractivity contribution in [2.75, 3.05) is 6.61 Å². The minimum absolute atomic E-state index is 0.171. The molecule has 1 heteroatoms. The fourth-order valence-corrected chi connectivity index (χ4v) is 2.30. The van der Waals surface area contributed by atoms with E-state index in [1.807, 2.05) is 0 Å². The van der Waals surface area contributed by atoms with Crippen LogP contribution in [-0.2, 0) is 0 Å². The van der Waals surface area contributed by atoms with Gasteiger partial charge in [0.05, 0.1) is 0 Å². The second-order valence-corrected chi connectivity index (χ2v) is 5.01. The Labute approximate surface area is 89.9 Å². The third-order valence-electron chi connectivity index (χ3n) is 4.01. The number of hydrogen-bond donors (Lipinski definition) is 1. The fraction of sp³-hybridized carbons (Fsp3) is 1.00. The lowest BCUT2D eigenvalue weighted by Gasteiger charge is -2.39. The van der Waals surface area contributed by atoms with Crippen molar-refractivity contribution in [2.24, 2.45) is 17.3 Å². The first kappa shape index (κ1) is 14.0. The molecule has 0 radical (unpaired) electrons. The monoisotopic (exact) mass is 200 g/mol. The highest BCUT2D eigenvalue weighted by Crippen LogP contribution is 2.40. The SMILES string of the molecule is CCCCC(CC)(CO)C(C)C(C)C. The van der Waals surface area contributed by atoms with Crippen molar-refractivity contribution in [3.05, 3.63) is 0 Å². The quantitative estimate of drug-likeness (QED) is 0.661. The van der Waals surface area contributed by atoms with Gasteiger partial charge in [0.1, 0.15) is 0 Å². The van der Waals surface area contributed by atoms with Crippen molar-refractivity contribution in [1.29, 1.82) is 0 Å². The molecule has 2 atom stereocenters. The number of unbranched alkanes of at least 4 members (excludes halogenated alkanes) is 1. The highest BCUT2D eigenvalue weighted by Gasteiger charge is 2.34. The molecule has 0 aromatic heterocycles. The predicted octanol–water partition coefficient (Wildman–Crippen LogP) is 3.86. The van der Waals surface area contributed by atoms with Crippen molar-refractivity contribution < 1.29 is 5.11 Å². The minimum atomic E-state index is 0.171. The maximum atomic E-state index is 9.62. The van der Waals surface area contributed by atoms with Gasteiger partial charge in [0.2, 0.25) is 0 Å². The molecule has 86 valence electrons. The Bertz CT molecular complexity index is 136. The number of aliphatic hydroxyl groups is 1. The van der Waals surface area contributed by atoms with Crippen LogP contribution >= 0.6 is 0 Å². The first-order valence-corrected chi connectivity index (χ1v) is 6.15. The van der Waals surface area contributed by atoms with Gasteiger partial charge in [-0.05, 0) is 30.1 Å². The summed E-state index contributed by atoms with van der Waals surface area (Å²) in [6.45, 7) is 11.6. The van der Waals surface area contributed by atoms with Crippen LogP contribution in [-0.4, -0.2) is 11.7 Å². The number of aliphatic hydroxyl groups excluding tert-OH is 1. The minimum Gasteiger partial charge on any atom is -0.396 e. The molecule has 0 spiro atoms. The molecule has 0 bridgehead atoms. The van der Waals surface area contributed by atoms with E-state index in [9.17, 15) is 5.11 Å². The molecule has 0 fully saturated rings. The van der Waals surface area contributed by atoms with E-state index in [0.717, 1.165) is 6.42 Å². The summed E-state index contributed by atoms with van der Waals surface area (Å²) in [5, 5.41) is 9.62. The van der Waals surface area contributed by atoms with E-state index in [4.69, 9.17) is 0 Å². The molecule has 0 saturated carbocycles. The smallest absolute Gasteiger partial charge is 0.0489 e. The van der Waals surface area contributed by atoms with Gasteiger partial charge in [0.25, 0.3) is 0 Å². The van der Waals surface area contributed by atoms with Gasteiger partial charge in [-0.2, -0.15) is 0 Å². The molecule has 0 aliphatic heterocycles. The van der Waals surface area contributed by atoms with E-state index in [1.165, 1.54) is 19.3 Å². The van der Waals surface area contributed by atoms with Crippen LogP contribution in [0.1, 0.15) is 60.3 Å². The zero-order valence-corrected chi connectivity index (χ0v) is 10.6. The topological polar surface area (TPSA) is 20.2 Å². The molecule has 0 aromatic carbocycles. The molecule has 0 heterocycles. The number of rotatable bonds is 7. The summed E-state index contributed by atoms with van der Waals surface area (Å²) in [5.41, 5.74) is 0.171. The average Bonchev–Trinajstić information content (AvgIpc) is 2.19. The molecule has 0 saturated heterocycles. The van der Waals surface area contributed by atoms with Crippen LogP contribution in [0.3, 0.4) is 0 Å². The summed E-state index contributed by atoms with van der Waals surface area (Å²) < 4.78 is 0. The Balaban J connectivity index is 4.50. The fourth-order valence-electron chi connectivity index (χ4n) is 2.30. The molecular weight excluding hydrogens is 172 g/mol. The Morgan fingerprint density at radius 2 is 1.71 bits per heavy atom. The Kier molecular flexibility index (Phi) is 6.43. The van der Waals surface area contributed by atoms with E-state index < -0.39 is 0 Å². The molecule has 1 nitrogen and oxygen atoms in total. The average molecular weight is 200 g/mol. The Morgan fingerprint density at radius 3 is 2.00 bits per heavy atom. The molecule has 0 amide bonds. The largest absolute Gasteiger partial charge is 0.396 e. The van der Waals surface area contributed by atoms with Crippen molar-refractivity contribution >= 4 is 0 Å². The maximum Gasteiger partial charge on any atom is 0.0489 e. The standard InChI is InChI=1S/C13H28O/c1-6-8-9-13(7-2,10-14)12(5)11(3)4/h11-12,14H,6-10H2,1-5H3. The van der Waals surface area contributed by atoms with Gasteiger partial charge in [-0.3, -0.25) is 0 Å². The molecule has 14 heavy (non-hydrogen) atoms. The maximum absolute atomic E-state index is 9.62. The second kappa shape index (κ2) is 6.44. The Hall–Kier alpha value is -0.0400. The zero-order valence-electron chi connectivity index (χ0n) is 10.6. The Morgan fingerprint density at radius 1 is 1.14 bits per heavy atom. The third kappa shape index (κ3) is 3.27. The van der Waals surface area contributed by atoms with Crippen LogP contribution in [0.2, 0.25) is 0 Å². The summed E-state index contributed by atoms with van der Waals surface area (Å²) in [6, 6.07) is 0. The molecule has 2 unspecified atom stereocenters. The molecular formula is C13H28O. The van der Waals surface area contributed by atoms with Gasteiger partial charge in [-0.15, -0.1) is 0 Å². The number of hydrogen-bond acceptors (Lipinski definition) is 1. The van der Waals surface area contributed by atoms with E-state index >= 15 is 0 Å². The highest BCUT2D eigenvalue weighted by atomic mass is 16.3. The van der Waals surface area contributed by atoms with Crippen molar-refractivity contribution in [3.63, 3.8) is 0 Å². The second-order valence-electron chi connectivity index (χ2n) is 5.01. The summed E-state index contributed by atoms with van der Waals surface area (Å²) in [5.74, 6) is 1.28. The summed E-state index contributed by atoms with van der Waals surface area (Å²) in [4.78, 5) is 0. The summed E-state index contributed by atoms with van der Waals surface area (Å²) >= 11 is 0. The molecule has 0 rings (SSSR count). The predicted molar refractivity (Wildman–Crippen MR) is 63.3 cm³/mol. The third-order valence-corrected chi connectivity index (χ3v) is 4.01. The molecule has 1 N–H and O–H groups in total. The first-order chi connectivity index (χ1) is 6.54. The lowest BCUT2D eigenvalue weighted by molar-refractivity contribution is 0.0310. The van der Waals surface area contributed by atoms with Crippen LogP contribution in [0.25, 0.3) is 0 Å². The van der Waals surface area contributed by atoms with Gasteiger partial charge >= 0.3 is 0 Å². The normalized spacial score (nSPS) is 18.2. The lowest BCUT2D eigenvalue weighted by atomic mass is 9.67. The lowest BCUT2D eigenvalue weighted by Crippen LogP contribution is -2.35. The summed E-state index contributed by atoms with van der Waals surface area (Å²) in [7, 11) is 0. The van der Waals surface area contributed by atoms with Gasteiger partial charge in [0, 0.05) is 6.61 Å². The van der Waals surface area contributed by atoms with Crippen LogP contribution in [0, 0.1) is 17.3 Å². The van der Waals surface area contributed by atoms with Crippen LogP contribution in [0.15, 0.2) is 0 Å².